The first-order chi connectivity index (χ1) is 7.94. The Morgan fingerprint density at radius 3 is 2.56 bits per heavy atom. The van der Waals surface area contributed by atoms with Crippen LogP contribution in [-0.4, -0.2) is 37.5 Å². The number of rotatable bonds is 4. The lowest BCUT2D eigenvalue weighted by Crippen LogP contribution is -2.50. The van der Waals surface area contributed by atoms with E-state index in [2.05, 4.69) is 16.0 Å². The van der Waals surface area contributed by atoms with Crippen molar-refractivity contribution in [3.05, 3.63) is 0 Å². The fourth-order valence-corrected chi connectivity index (χ4v) is 2.00. The maximum absolute atomic E-state index is 12.0. The first kappa shape index (κ1) is 17.2. The molecule has 0 radical (unpaired) electrons. The zero-order chi connectivity index (χ0) is 12.9. The highest BCUT2D eigenvalue weighted by molar-refractivity contribution is 5.88. The molecule has 0 aromatic heterocycles. The standard InChI is InChI=1S/C12H23N3O2.ClH/c1-9(2)15-10(16)7-14-11(17)12(3)5-4-6-13-8-12;/h9,13H,4-8H2,1-3H3,(H,14,17)(H,15,16);1H. The Labute approximate surface area is 115 Å². The Morgan fingerprint density at radius 1 is 1.39 bits per heavy atom. The second-order valence-corrected chi connectivity index (χ2v) is 5.25. The van der Waals surface area contributed by atoms with Gasteiger partial charge in [0.05, 0.1) is 12.0 Å². The van der Waals surface area contributed by atoms with Crippen LogP contribution in [0.15, 0.2) is 0 Å². The second-order valence-electron chi connectivity index (χ2n) is 5.25. The first-order valence-corrected chi connectivity index (χ1v) is 6.22. The summed E-state index contributed by atoms with van der Waals surface area (Å²) in [5.41, 5.74) is -0.379. The summed E-state index contributed by atoms with van der Waals surface area (Å²) in [6.07, 6.45) is 1.87. The predicted molar refractivity (Wildman–Crippen MR) is 73.7 cm³/mol. The third kappa shape index (κ3) is 5.23. The molecule has 0 aliphatic carbocycles. The highest BCUT2D eigenvalue weighted by atomic mass is 35.5. The Hall–Kier alpha value is -0.810. The van der Waals surface area contributed by atoms with Crippen LogP contribution >= 0.6 is 12.4 Å². The van der Waals surface area contributed by atoms with Gasteiger partial charge in [0.15, 0.2) is 0 Å². The quantitative estimate of drug-likeness (QED) is 0.698. The van der Waals surface area contributed by atoms with Crippen molar-refractivity contribution in [2.45, 2.75) is 39.7 Å². The second kappa shape index (κ2) is 7.59. The molecule has 18 heavy (non-hydrogen) atoms. The lowest BCUT2D eigenvalue weighted by Gasteiger charge is -2.32. The van der Waals surface area contributed by atoms with Crippen molar-refractivity contribution in [3.8, 4) is 0 Å². The zero-order valence-corrected chi connectivity index (χ0v) is 12.2. The van der Waals surface area contributed by atoms with Crippen LogP contribution in [0.2, 0.25) is 0 Å². The molecule has 106 valence electrons. The predicted octanol–water partition coefficient (Wildman–Crippen LogP) is 0.439. The topological polar surface area (TPSA) is 70.2 Å². The summed E-state index contributed by atoms with van der Waals surface area (Å²) < 4.78 is 0. The van der Waals surface area contributed by atoms with E-state index in [1.807, 2.05) is 20.8 Å². The largest absolute Gasteiger partial charge is 0.352 e. The van der Waals surface area contributed by atoms with Gasteiger partial charge in [0.25, 0.3) is 0 Å². The fourth-order valence-electron chi connectivity index (χ4n) is 2.00. The smallest absolute Gasteiger partial charge is 0.239 e. The average molecular weight is 278 g/mol. The molecule has 1 aliphatic heterocycles. The van der Waals surface area contributed by atoms with Crippen molar-refractivity contribution in [2.75, 3.05) is 19.6 Å². The lowest BCUT2D eigenvalue weighted by molar-refractivity contribution is -0.133. The summed E-state index contributed by atoms with van der Waals surface area (Å²) in [4.78, 5) is 23.4. The van der Waals surface area contributed by atoms with Crippen LogP contribution < -0.4 is 16.0 Å². The van der Waals surface area contributed by atoms with E-state index in [1.54, 1.807) is 0 Å². The van der Waals surface area contributed by atoms with E-state index in [9.17, 15) is 9.59 Å². The summed E-state index contributed by atoms with van der Waals surface area (Å²) >= 11 is 0. The molecular weight excluding hydrogens is 254 g/mol. The van der Waals surface area contributed by atoms with Crippen molar-refractivity contribution in [1.82, 2.24) is 16.0 Å². The molecule has 2 amide bonds. The molecule has 0 aromatic rings. The van der Waals surface area contributed by atoms with Crippen molar-refractivity contribution < 1.29 is 9.59 Å². The van der Waals surface area contributed by atoms with E-state index in [0.29, 0.717) is 6.54 Å². The molecule has 1 aliphatic rings. The Bertz CT molecular complexity index is 289. The Kier molecular flexibility index (Phi) is 7.25. The number of carbonyl (C=O) groups excluding carboxylic acids is 2. The van der Waals surface area contributed by atoms with Crippen LogP contribution in [0, 0.1) is 5.41 Å². The molecule has 1 rings (SSSR count). The van der Waals surface area contributed by atoms with E-state index in [4.69, 9.17) is 0 Å². The third-order valence-corrected chi connectivity index (χ3v) is 3.00. The van der Waals surface area contributed by atoms with Crippen molar-refractivity contribution in [2.24, 2.45) is 5.41 Å². The van der Waals surface area contributed by atoms with Crippen LogP contribution in [-0.2, 0) is 9.59 Å². The lowest BCUT2D eigenvalue weighted by atomic mass is 9.82. The Balaban J connectivity index is 0.00000289. The van der Waals surface area contributed by atoms with Gasteiger partial charge in [0.2, 0.25) is 11.8 Å². The zero-order valence-electron chi connectivity index (χ0n) is 11.3. The molecule has 0 spiro atoms. The monoisotopic (exact) mass is 277 g/mol. The van der Waals surface area contributed by atoms with E-state index in [-0.39, 0.29) is 42.2 Å². The fraction of sp³-hybridized carbons (Fsp3) is 0.833. The maximum atomic E-state index is 12.0. The van der Waals surface area contributed by atoms with Gasteiger partial charge in [-0.3, -0.25) is 9.59 Å². The molecule has 3 N–H and O–H groups in total. The summed E-state index contributed by atoms with van der Waals surface area (Å²) in [6.45, 7) is 7.45. The van der Waals surface area contributed by atoms with Gasteiger partial charge >= 0.3 is 0 Å². The van der Waals surface area contributed by atoms with Gasteiger partial charge in [0, 0.05) is 12.6 Å². The van der Waals surface area contributed by atoms with Crippen LogP contribution in [0.3, 0.4) is 0 Å². The molecule has 1 saturated heterocycles. The highest BCUT2D eigenvalue weighted by Gasteiger charge is 2.34. The first-order valence-electron chi connectivity index (χ1n) is 6.22. The molecule has 6 heteroatoms. The van der Waals surface area contributed by atoms with E-state index < -0.39 is 0 Å². The molecule has 0 bridgehead atoms. The molecule has 5 nitrogen and oxygen atoms in total. The summed E-state index contributed by atoms with van der Waals surface area (Å²) in [5, 5.41) is 8.67. The Morgan fingerprint density at radius 2 is 2.06 bits per heavy atom. The molecule has 0 saturated carbocycles. The number of hydrogen-bond donors (Lipinski definition) is 3. The van der Waals surface area contributed by atoms with Gasteiger partial charge in [-0.1, -0.05) is 0 Å². The van der Waals surface area contributed by atoms with Gasteiger partial charge in [0.1, 0.15) is 0 Å². The molecule has 1 unspecified atom stereocenters. The number of carbonyl (C=O) groups is 2. The van der Waals surface area contributed by atoms with Gasteiger partial charge in [-0.05, 0) is 40.2 Å². The number of amides is 2. The van der Waals surface area contributed by atoms with Crippen LogP contribution in [0.5, 0.6) is 0 Å². The molecule has 0 aromatic carbocycles. The molecule has 1 heterocycles. The minimum absolute atomic E-state index is 0. The van der Waals surface area contributed by atoms with Gasteiger partial charge in [-0.25, -0.2) is 0 Å². The van der Waals surface area contributed by atoms with Crippen molar-refractivity contribution >= 4 is 24.2 Å². The highest BCUT2D eigenvalue weighted by Crippen LogP contribution is 2.25. The number of nitrogens with one attached hydrogen (secondary N) is 3. The van der Waals surface area contributed by atoms with Gasteiger partial charge in [-0.2, -0.15) is 0 Å². The number of halogens is 1. The normalized spacial score (nSPS) is 23.1. The number of piperidine rings is 1. The molecule has 1 fully saturated rings. The third-order valence-electron chi connectivity index (χ3n) is 3.00. The summed E-state index contributed by atoms with van der Waals surface area (Å²) in [7, 11) is 0. The summed E-state index contributed by atoms with van der Waals surface area (Å²) in [5.74, 6) is -0.177. The molecule has 1 atom stereocenters. The average Bonchev–Trinajstić information content (AvgIpc) is 2.26. The summed E-state index contributed by atoms with van der Waals surface area (Å²) in [6, 6.07) is 0.103. The maximum Gasteiger partial charge on any atom is 0.239 e. The van der Waals surface area contributed by atoms with Crippen LogP contribution in [0.25, 0.3) is 0 Å². The minimum atomic E-state index is -0.379. The van der Waals surface area contributed by atoms with Crippen LogP contribution in [0.1, 0.15) is 33.6 Å². The number of hydrogen-bond acceptors (Lipinski definition) is 3. The molecular formula is C12H24ClN3O2. The van der Waals surface area contributed by atoms with Crippen LogP contribution in [0.4, 0.5) is 0 Å². The van der Waals surface area contributed by atoms with E-state index in [0.717, 1.165) is 19.4 Å². The van der Waals surface area contributed by atoms with E-state index in [1.165, 1.54) is 0 Å². The van der Waals surface area contributed by atoms with Crippen molar-refractivity contribution in [1.29, 1.82) is 0 Å². The van der Waals surface area contributed by atoms with Gasteiger partial charge in [-0.15, -0.1) is 12.4 Å². The van der Waals surface area contributed by atoms with Crippen molar-refractivity contribution in [3.63, 3.8) is 0 Å². The van der Waals surface area contributed by atoms with E-state index >= 15 is 0 Å². The minimum Gasteiger partial charge on any atom is -0.352 e. The van der Waals surface area contributed by atoms with Gasteiger partial charge < -0.3 is 16.0 Å². The SMILES string of the molecule is CC(C)NC(=O)CNC(=O)C1(C)CCCNC1.Cl.